The van der Waals surface area contributed by atoms with Crippen molar-refractivity contribution in [2.45, 2.75) is 6.92 Å². The molecule has 0 fully saturated rings. The van der Waals surface area contributed by atoms with Crippen LogP contribution < -0.4 is 10.9 Å². The van der Waals surface area contributed by atoms with E-state index in [2.05, 4.69) is 20.4 Å². The van der Waals surface area contributed by atoms with Crippen molar-refractivity contribution < 1.29 is 9.59 Å². The van der Waals surface area contributed by atoms with Gasteiger partial charge in [-0.25, -0.2) is 0 Å². The van der Waals surface area contributed by atoms with Crippen LogP contribution in [0.5, 0.6) is 0 Å². The van der Waals surface area contributed by atoms with E-state index in [0.29, 0.717) is 0 Å². The third-order valence-electron chi connectivity index (χ3n) is 0.945. The van der Waals surface area contributed by atoms with Gasteiger partial charge in [-0.2, -0.15) is 0 Å². The molecule has 0 unspecified atom stereocenters. The summed E-state index contributed by atoms with van der Waals surface area (Å²) in [5.41, 5.74) is 4.47. The van der Waals surface area contributed by atoms with Crippen LogP contribution >= 0.6 is 11.5 Å². The van der Waals surface area contributed by atoms with Crippen LogP contribution in [-0.2, 0) is 4.79 Å². The Morgan fingerprint density at radius 2 is 2.25 bits per heavy atom. The van der Waals surface area contributed by atoms with Crippen molar-refractivity contribution in [2.24, 2.45) is 0 Å². The standard InChI is InChI=1S/C5H6N4O2S/c1-3(10)6-8-5(11)4-2-12-9-7-4/h2H,1H3,(H,6,10)(H,8,11). The number of carbonyl (C=O) groups is 2. The molecule has 0 aliphatic rings. The van der Waals surface area contributed by atoms with Gasteiger partial charge >= 0.3 is 0 Å². The molecule has 6 nitrogen and oxygen atoms in total. The Morgan fingerprint density at radius 3 is 2.75 bits per heavy atom. The molecule has 0 aliphatic carbocycles. The molecule has 1 heterocycles. The minimum absolute atomic E-state index is 0.189. The lowest BCUT2D eigenvalue weighted by atomic mass is 10.5. The molecule has 1 aromatic rings. The van der Waals surface area contributed by atoms with Crippen molar-refractivity contribution in [3.05, 3.63) is 11.1 Å². The zero-order chi connectivity index (χ0) is 8.97. The Morgan fingerprint density at radius 1 is 1.50 bits per heavy atom. The summed E-state index contributed by atoms with van der Waals surface area (Å²) in [7, 11) is 0. The van der Waals surface area contributed by atoms with Crippen LogP contribution in [0.2, 0.25) is 0 Å². The van der Waals surface area contributed by atoms with E-state index in [1.165, 1.54) is 12.3 Å². The molecule has 2 N–H and O–H groups in total. The summed E-state index contributed by atoms with van der Waals surface area (Å²) in [6.45, 7) is 1.29. The minimum Gasteiger partial charge on any atom is -0.274 e. The summed E-state index contributed by atoms with van der Waals surface area (Å²) in [6.07, 6.45) is 0. The van der Waals surface area contributed by atoms with E-state index in [4.69, 9.17) is 0 Å². The maximum atomic E-state index is 11.0. The fourth-order valence-electron chi connectivity index (χ4n) is 0.472. The summed E-state index contributed by atoms with van der Waals surface area (Å²) >= 11 is 1.07. The number of hydrogen-bond donors (Lipinski definition) is 2. The summed E-state index contributed by atoms with van der Waals surface area (Å²) < 4.78 is 3.49. The molecule has 0 aliphatic heterocycles. The molecule has 0 saturated carbocycles. The van der Waals surface area contributed by atoms with Gasteiger partial charge in [0.1, 0.15) is 0 Å². The first-order valence-electron chi connectivity index (χ1n) is 3.04. The lowest BCUT2D eigenvalue weighted by Crippen LogP contribution is -2.40. The van der Waals surface area contributed by atoms with Crippen molar-refractivity contribution in [2.75, 3.05) is 0 Å². The highest BCUT2D eigenvalue weighted by Crippen LogP contribution is 1.94. The van der Waals surface area contributed by atoms with Crippen LogP contribution in [0, 0.1) is 0 Å². The van der Waals surface area contributed by atoms with Crippen LogP contribution in [0.3, 0.4) is 0 Å². The van der Waals surface area contributed by atoms with E-state index >= 15 is 0 Å². The number of rotatable bonds is 1. The number of hydrogen-bond acceptors (Lipinski definition) is 5. The van der Waals surface area contributed by atoms with Gasteiger partial charge in [-0.1, -0.05) is 4.49 Å². The number of hydrazine groups is 1. The highest BCUT2D eigenvalue weighted by Gasteiger charge is 2.07. The maximum Gasteiger partial charge on any atom is 0.291 e. The minimum atomic E-state index is -0.473. The summed E-state index contributed by atoms with van der Waals surface area (Å²) in [5.74, 6) is -0.814. The molecular formula is C5H6N4O2S. The number of amides is 2. The van der Waals surface area contributed by atoms with E-state index in [-0.39, 0.29) is 11.6 Å². The van der Waals surface area contributed by atoms with Gasteiger partial charge in [-0.15, -0.1) is 5.10 Å². The Kier molecular flexibility index (Phi) is 2.70. The molecule has 0 atom stereocenters. The fourth-order valence-corrected chi connectivity index (χ4v) is 0.909. The topological polar surface area (TPSA) is 84.0 Å². The van der Waals surface area contributed by atoms with Crippen LogP contribution in [0.1, 0.15) is 17.4 Å². The van der Waals surface area contributed by atoms with Gasteiger partial charge in [-0.05, 0) is 11.5 Å². The zero-order valence-electron chi connectivity index (χ0n) is 6.20. The van der Waals surface area contributed by atoms with Crippen molar-refractivity contribution in [1.29, 1.82) is 0 Å². The number of aromatic nitrogens is 2. The molecular weight excluding hydrogens is 180 g/mol. The predicted octanol–water partition coefficient (Wildman–Crippen LogP) is -0.681. The second-order valence-electron chi connectivity index (χ2n) is 1.93. The highest BCUT2D eigenvalue weighted by molar-refractivity contribution is 7.03. The van der Waals surface area contributed by atoms with Gasteiger partial charge in [-0.3, -0.25) is 20.4 Å². The summed E-state index contributed by atoms with van der Waals surface area (Å²) in [6, 6.07) is 0. The molecule has 0 bridgehead atoms. The van der Waals surface area contributed by atoms with Crippen LogP contribution in [-0.4, -0.2) is 21.4 Å². The smallest absolute Gasteiger partial charge is 0.274 e. The Hall–Kier alpha value is -1.50. The van der Waals surface area contributed by atoms with Crippen molar-refractivity contribution in [1.82, 2.24) is 20.4 Å². The number of nitrogens with one attached hydrogen (secondary N) is 2. The van der Waals surface area contributed by atoms with Gasteiger partial charge in [0.15, 0.2) is 5.69 Å². The lowest BCUT2D eigenvalue weighted by Gasteiger charge is -2.00. The molecule has 2 amide bonds. The van der Waals surface area contributed by atoms with Crippen LogP contribution in [0.4, 0.5) is 0 Å². The molecule has 0 spiro atoms. The molecule has 1 rings (SSSR count). The third-order valence-corrected chi connectivity index (χ3v) is 1.45. The maximum absolute atomic E-state index is 11.0. The quantitative estimate of drug-likeness (QED) is 0.569. The van der Waals surface area contributed by atoms with Crippen molar-refractivity contribution >= 4 is 23.3 Å². The molecule has 7 heteroatoms. The van der Waals surface area contributed by atoms with E-state index in [0.717, 1.165) is 11.5 Å². The van der Waals surface area contributed by atoms with Crippen LogP contribution in [0.25, 0.3) is 0 Å². The molecule has 12 heavy (non-hydrogen) atoms. The average molecular weight is 186 g/mol. The van der Waals surface area contributed by atoms with Gasteiger partial charge in [0.25, 0.3) is 5.91 Å². The Bertz CT molecular complexity index is 284. The van der Waals surface area contributed by atoms with E-state index < -0.39 is 5.91 Å². The SMILES string of the molecule is CC(=O)NNC(=O)c1csnn1. The Balaban J connectivity index is 2.45. The molecule has 64 valence electrons. The molecule has 0 radical (unpaired) electrons. The third kappa shape index (κ3) is 2.27. The Labute approximate surface area is 72.1 Å². The van der Waals surface area contributed by atoms with Crippen LogP contribution in [0.15, 0.2) is 5.38 Å². The highest BCUT2D eigenvalue weighted by atomic mass is 32.1. The number of carbonyl (C=O) groups excluding carboxylic acids is 2. The summed E-state index contributed by atoms with van der Waals surface area (Å²) in [4.78, 5) is 21.3. The molecule has 1 aromatic heterocycles. The first kappa shape index (κ1) is 8.60. The largest absolute Gasteiger partial charge is 0.291 e. The lowest BCUT2D eigenvalue weighted by molar-refractivity contribution is -0.119. The zero-order valence-corrected chi connectivity index (χ0v) is 7.01. The first-order valence-corrected chi connectivity index (χ1v) is 3.88. The second kappa shape index (κ2) is 3.77. The van der Waals surface area contributed by atoms with Gasteiger partial charge in [0.2, 0.25) is 5.91 Å². The molecule has 0 aromatic carbocycles. The van der Waals surface area contributed by atoms with Gasteiger partial charge in [0.05, 0.1) is 0 Å². The average Bonchev–Trinajstić information content (AvgIpc) is 2.51. The van der Waals surface area contributed by atoms with Gasteiger partial charge in [0, 0.05) is 12.3 Å². The van der Waals surface area contributed by atoms with E-state index in [1.807, 2.05) is 0 Å². The normalized spacial score (nSPS) is 9.08. The van der Waals surface area contributed by atoms with E-state index in [9.17, 15) is 9.59 Å². The molecule has 0 saturated heterocycles. The monoisotopic (exact) mass is 186 g/mol. The van der Waals surface area contributed by atoms with Crippen molar-refractivity contribution in [3.63, 3.8) is 0 Å². The van der Waals surface area contributed by atoms with Crippen molar-refractivity contribution in [3.8, 4) is 0 Å². The first-order chi connectivity index (χ1) is 5.70. The number of nitrogens with zero attached hydrogens (tertiary/aromatic N) is 2. The predicted molar refractivity (Wildman–Crippen MR) is 41.2 cm³/mol. The second-order valence-corrected chi connectivity index (χ2v) is 2.54. The summed E-state index contributed by atoms with van der Waals surface area (Å²) in [5, 5.41) is 4.98. The van der Waals surface area contributed by atoms with E-state index in [1.54, 1.807) is 0 Å². The fraction of sp³-hybridized carbons (Fsp3) is 0.200. The van der Waals surface area contributed by atoms with Gasteiger partial charge < -0.3 is 0 Å².